The smallest absolute Gasteiger partial charge is 0.313 e. The largest absolute Gasteiger partial charge is 0.466 e. The molecule has 0 radical (unpaired) electrons. The van der Waals surface area contributed by atoms with Crippen LogP contribution >= 0.6 is 0 Å². The van der Waals surface area contributed by atoms with Crippen LogP contribution in [0.25, 0.3) is 0 Å². The molecule has 0 amide bonds. The Morgan fingerprint density at radius 2 is 1.65 bits per heavy atom. The van der Waals surface area contributed by atoms with Crippen molar-refractivity contribution in [2.45, 2.75) is 32.8 Å². The van der Waals surface area contributed by atoms with Crippen LogP contribution in [0.1, 0.15) is 31.7 Å². The minimum atomic E-state index is -0.581. The van der Waals surface area contributed by atoms with Gasteiger partial charge in [-0.2, -0.15) is 0 Å². The molecule has 0 aliphatic heterocycles. The molecule has 0 spiro atoms. The van der Waals surface area contributed by atoms with E-state index >= 15 is 0 Å². The van der Waals surface area contributed by atoms with Crippen LogP contribution in [0, 0.1) is 0 Å². The fraction of sp³-hybridized carbons (Fsp3) is 0.400. The Balaban J connectivity index is 2.21. The van der Waals surface area contributed by atoms with E-state index in [1.807, 2.05) is 30.3 Å². The van der Waals surface area contributed by atoms with Gasteiger partial charge in [0.05, 0.1) is 13.0 Å². The van der Waals surface area contributed by atoms with Crippen molar-refractivity contribution in [3.8, 4) is 0 Å². The van der Waals surface area contributed by atoms with E-state index in [-0.39, 0.29) is 38.3 Å². The number of carbonyl (C=O) groups excluding carboxylic acids is 3. The first kappa shape index (κ1) is 15.9. The van der Waals surface area contributed by atoms with Crippen molar-refractivity contribution in [3.63, 3.8) is 0 Å². The zero-order chi connectivity index (χ0) is 14.8. The Labute approximate surface area is 117 Å². The molecule has 0 saturated carbocycles. The van der Waals surface area contributed by atoms with Crippen LogP contribution in [-0.2, 0) is 30.5 Å². The Kier molecular flexibility index (Phi) is 7.03. The lowest BCUT2D eigenvalue weighted by molar-refractivity contribution is -0.149. The average Bonchev–Trinajstić information content (AvgIpc) is 2.44. The molecule has 1 aromatic rings. The van der Waals surface area contributed by atoms with Crippen LogP contribution in [-0.4, -0.2) is 24.3 Å². The number of ketones is 1. The predicted molar refractivity (Wildman–Crippen MR) is 71.7 cm³/mol. The van der Waals surface area contributed by atoms with E-state index in [0.717, 1.165) is 5.56 Å². The van der Waals surface area contributed by atoms with Crippen molar-refractivity contribution in [2.75, 3.05) is 6.61 Å². The standard InChI is InChI=1S/C15H18O5/c1-2-19-14(17)9-8-13(16)10-15(18)20-11-12-6-4-3-5-7-12/h3-7H,2,8-11H2,1H3. The van der Waals surface area contributed by atoms with Crippen LogP contribution in [0.5, 0.6) is 0 Å². The highest BCUT2D eigenvalue weighted by molar-refractivity contribution is 5.96. The minimum absolute atomic E-state index is 0.000724. The lowest BCUT2D eigenvalue weighted by Gasteiger charge is -2.04. The minimum Gasteiger partial charge on any atom is -0.466 e. The number of carbonyl (C=O) groups is 3. The first-order valence-electron chi connectivity index (χ1n) is 6.48. The summed E-state index contributed by atoms with van der Waals surface area (Å²) >= 11 is 0. The molecule has 20 heavy (non-hydrogen) atoms. The topological polar surface area (TPSA) is 69.7 Å². The first-order chi connectivity index (χ1) is 9.61. The van der Waals surface area contributed by atoms with Gasteiger partial charge in [0.15, 0.2) is 0 Å². The molecule has 0 aliphatic rings. The van der Waals surface area contributed by atoms with Gasteiger partial charge in [0.25, 0.3) is 0 Å². The lowest BCUT2D eigenvalue weighted by Crippen LogP contribution is -2.13. The highest BCUT2D eigenvalue weighted by Crippen LogP contribution is 2.04. The monoisotopic (exact) mass is 278 g/mol. The van der Waals surface area contributed by atoms with Crippen molar-refractivity contribution < 1.29 is 23.9 Å². The van der Waals surface area contributed by atoms with Gasteiger partial charge in [-0.3, -0.25) is 14.4 Å². The molecular formula is C15H18O5. The molecule has 5 heteroatoms. The summed E-state index contributed by atoms with van der Waals surface area (Å²) in [6.07, 6.45) is -0.315. The van der Waals surface area contributed by atoms with Crippen LogP contribution in [0.4, 0.5) is 0 Å². The molecule has 0 bridgehead atoms. The van der Waals surface area contributed by atoms with E-state index < -0.39 is 11.9 Å². The van der Waals surface area contributed by atoms with Gasteiger partial charge in [0, 0.05) is 6.42 Å². The molecule has 0 aliphatic carbocycles. The van der Waals surface area contributed by atoms with Crippen molar-refractivity contribution >= 4 is 17.7 Å². The van der Waals surface area contributed by atoms with Gasteiger partial charge >= 0.3 is 11.9 Å². The number of benzene rings is 1. The van der Waals surface area contributed by atoms with E-state index in [1.165, 1.54) is 0 Å². The molecule has 0 fully saturated rings. The quantitative estimate of drug-likeness (QED) is 0.537. The lowest BCUT2D eigenvalue weighted by atomic mass is 10.1. The third kappa shape index (κ3) is 6.68. The summed E-state index contributed by atoms with van der Waals surface area (Å²) in [5.41, 5.74) is 0.861. The highest BCUT2D eigenvalue weighted by atomic mass is 16.5. The number of esters is 2. The van der Waals surface area contributed by atoms with Gasteiger partial charge in [-0.05, 0) is 12.5 Å². The second-order valence-corrected chi connectivity index (χ2v) is 4.17. The van der Waals surface area contributed by atoms with E-state index in [1.54, 1.807) is 6.92 Å². The molecule has 0 aromatic heterocycles. The fourth-order valence-corrected chi connectivity index (χ4v) is 1.51. The fourth-order valence-electron chi connectivity index (χ4n) is 1.51. The van der Waals surface area contributed by atoms with Gasteiger partial charge in [-0.1, -0.05) is 30.3 Å². The summed E-state index contributed by atoms with van der Waals surface area (Å²) < 4.78 is 9.67. The summed E-state index contributed by atoms with van der Waals surface area (Å²) in [5.74, 6) is -1.34. The van der Waals surface area contributed by atoms with E-state index in [4.69, 9.17) is 9.47 Å². The van der Waals surface area contributed by atoms with E-state index in [2.05, 4.69) is 0 Å². The Morgan fingerprint density at radius 1 is 0.950 bits per heavy atom. The van der Waals surface area contributed by atoms with Crippen LogP contribution in [0.2, 0.25) is 0 Å². The molecule has 5 nitrogen and oxygen atoms in total. The van der Waals surface area contributed by atoms with Crippen molar-refractivity contribution in [2.24, 2.45) is 0 Å². The number of hydrogen-bond acceptors (Lipinski definition) is 5. The maximum atomic E-state index is 11.5. The van der Waals surface area contributed by atoms with Gasteiger partial charge < -0.3 is 9.47 Å². The SMILES string of the molecule is CCOC(=O)CCC(=O)CC(=O)OCc1ccccc1. The van der Waals surface area contributed by atoms with Gasteiger partial charge in [-0.25, -0.2) is 0 Å². The van der Waals surface area contributed by atoms with E-state index in [9.17, 15) is 14.4 Å². The molecule has 0 atom stereocenters. The summed E-state index contributed by atoms with van der Waals surface area (Å²) in [6, 6.07) is 9.21. The molecule has 0 heterocycles. The average molecular weight is 278 g/mol. The highest BCUT2D eigenvalue weighted by Gasteiger charge is 2.13. The van der Waals surface area contributed by atoms with Crippen LogP contribution in [0.3, 0.4) is 0 Å². The Morgan fingerprint density at radius 3 is 2.30 bits per heavy atom. The maximum absolute atomic E-state index is 11.5. The van der Waals surface area contributed by atoms with Gasteiger partial charge in [0.1, 0.15) is 18.8 Å². The number of Topliss-reactive ketones (excluding diaryl/α,β-unsaturated/α-hetero) is 1. The Bertz CT molecular complexity index is 453. The predicted octanol–water partition coefficient (Wildman–Crippen LogP) is 2.03. The third-order valence-electron chi connectivity index (χ3n) is 2.50. The van der Waals surface area contributed by atoms with Crippen molar-refractivity contribution in [3.05, 3.63) is 35.9 Å². The van der Waals surface area contributed by atoms with Crippen LogP contribution < -0.4 is 0 Å². The maximum Gasteiger partial charge on any atom is 0.313 e. The summed E-state index contributed by atoms with van der Waals surface area (Å²) in [5, 5.41) is 0. The molecule has 1 rings (SSSR count). The molecule has 0 N–H and O–H groups in total. The van der Waals surface area contributed by atoms with Gasteiger partial charge in [-0.15, -0.1) is 0 Å². The molecule has 108 valence electrons. The molecule has 0 unspecified atom stereocenters. The van der Waals surface area contributed by atoms with E-state index in [0.29, 0.717) is 0 Å². The number of ether oxygens (including phenoxy) is 2. The van der Waals surface area contributed by atoms with Crippen molar-refractivity contribution in [1.82, 2.24) is 0 Å². The first-order valence-corrected chi connectivity index (χ1v) is 6.48. The number of rotatable bonds is 8. The molecule has 0 saturated heterocycles. The second kappa shape index (κ2) is 8.85. The normalized spacial score (nSPS) is 9.85. The van der Waals surface area contributed by atoms with Crippen molar-refractivity contribution in [1.29, 1.82) is 0 Å². The molecule has 1 aromatic carbocycles. The Hall–Kier alpha value is -2.17. The third-order valence-corrected chi connectivity index (χ3v) is 2.50. The molecular weight excluding hydrogens is 260 g/mol. The van der Waals surface area contributed by atoms with Crippen LogP contribution in [0.15, 0.2) is 30.3 Å². The summed E-state index contributed by atoms with van der Waals surface area (Å²) in [7, 11) is 0. The zero-order valence-corrected chi connectivity index (χ0v) is 11.5. The summed E-state index contributed by atoms with van der Waals surface area (Å²) in [4.78, 5) is 34.0. The second-order valence-electron chi connectivity index (χ2n) is 4.17. The van der Waals surface area contributed by atoms with Gasteiger partial charge in [0.2, 0.25) is 0 Å². The summed E-state index contributed by atoms with van der Waals surface area (Å²) in [6.45, 7) is 2.12. The number of hydrogen-bond donors (Lipinski definition) is 0. The zero-order valence-electron chi connectivity index (χ0n) is 11.5.